The van der Waals surface area contributed by atoms with Crippen molar-refractivity contribution in [2.75, 3.05) is 5.75 Å². The first-order valence-corrected chi connectivity index (χ1v) is 9.30. The summed E-state index contributed by atoms with van der Waals surface area (Å²) in [5, 5.41) is 10.9. The van der Waals surface area contributed by atoms with Crippen molar-refractivity contribution in [3.05, 3.63) is 54.9 Å². The van der Waals surface area contributed by atoms with Crippen molar-refractivity contribution in [3.63, 3.8) is 0 Å². The van der Waals surface area contributed by atoms with Gasteiger partial charge in [0.05, 0.1) is 18.5 Å². The van der Waals surface area contributed by atoms with Gasteiger partial charge in [0.2, 0.25) is 11.7 Å². The maximum atomic E-state index is 12.2. The van der Waals surface area contributed by atoms with Gasteiger partial charge < -0.3 is 9.88 Å². The van der Waals surface area contributed by atoms with Crippen LogP contribution < -0.4 is 5.32 Å². The lowest BCUT2D eigenvalue weighted by Gasteiger charge is -2.02. The van der Waals surface area contributed by atoms with Gasteiger partial charge in [0.25, 0.3) is 0 Å². The first kappa shape index (κ1) is 17.2. The summed E-state index contributed by atoms with van der Waals surface area (Å²) in [5.74, 6) is 1.29. The molecule has 1 amide bonds. The average Bonchev–Trinajstić information content (AvgIpc) is 3.31. The monoisotopic (exact) mass is 379 g/mol. The Morgan fingerprint density at radius 3 is 3.04 bits per heavy atom. The third-order valence-corrected chi connectivity index (χ3v) is 5.04. The Hall–Kier alpha value is -3.20. The second-order valence-electron chi connectivity index (χ2n) is 5.88. The summed E-state index contributed by atoms with van der Waals surface area (Å²) in [6.07, 6.45) is 6.81. The highest BCUT2D eigenvalue weighted by atomic mass is 32.2. The molecule has 0 spiro atoms. The molecule has 27 heavy (non-hydrogen) atoms. The van der Waals surface area contributed by atoms with E-state index in [2.05, 4.69) is 47.2 Å². The SMILES string of the molecule is Cn1cc(SCC(=O)NCc2nc(-c3cnccn3)n[nH]2)c2ccccc21. The third-order valence-electron chi connectivity index (χ3n) is 4.00. The van der Waals surface area contributed by atoms with Crippen LogP contribution in [0.15, 0.2) is 53.9 Å². The molecule has 3 heterocycles. The fraction of sp³-hybridized carbons (Fsp3) is 0.167. The first-order chi connectivity index (χ1) is 13.2. The maximum Gasteiger partial charge on any atom is 0.230 e. The number of aromatic amines is 1. The molecule has 0 aliphatic carbocycles. The highest BCUT2D eigenvalue weighted by molar-refractivity contribution is 8.00. The molecule has 0 atom stereocenters. The van der Waals surface area contributed by atoms with Crippen LogP contribution in [-0.2, 0) is 18.4 Å². The molecule has 1 aromatic carbocycles. The van der Waals surface area contributed by atoms with Gasteiger partial charge in [-0.2, -0.15) is 5.10 Å². The minimum absolute atomic E-state index is 0.0645. The lowest BCUT2D eigenvalue weighted by Crippen LogP contribution is -2.25. The molecule has 0 saturated heterocycles. The van der Waals surface area contributed by atoms with E-state index in [0.29, 0.717) is 23.1 Å². The summed E-state index contributed by atoms with van der Waals surface area (Å²) < 4.78 is 2.07. The number of aromatic nitrogens is 6. The van der Waals surface area contributed by atoms with Crippen LogP contribution in [0.3, 0.4) is 0 Å². The van der Waals surface area contributed by atoms with Crippen LogP contribution in [0.1, 0.15) is 5.82 Å². The lowest BCUT2D eigenvalue weighted by molar-refractivity contribution is -0.118. The van der Waals surface area contributed by atoms with Crippen LogP contribution >= 0.6 is 11.8 Å². The van der Waals surface area contributed by atoms with Crippen LogP contribution in [0.2, 0.25) is 0 Å². The molecule has 0 fully saturated rings. The number of nitrogens with one attached hydrogen (secondary N) is 2. The molecule has 9 heteroatoms. The quantitative estimate of drug-likeness (QED) is 0.498. The van der Waals surface area contributed by atoms with E-state index in [1.165, 1.54) is 11.8 Å². The number of carbonyl (C=O) groups is 1. The van der Waals surface area contributed by atoms with Crippen molar-refractivity contribution in [1.82, 2.24) is 35.0 Å². The molecular weight excluding hydrogens is 362 g/mol. The highest BCUT2D eigenvalue weighted by Crippen LogP contribution is 2.29. The Morgan fingerprint density at radius 1 is 1.30 bits per heavy atom. The van der Waals surface area contributed by atoms with Crippen molar-refractivity contribution in [2.45, 2.75) is 11.4 Å². The van der Waals surface area contributed by atoms with Gasteiger partial charge >= 0.3 is 0 Å². The molecule has 2 N–H and O–H groups in total. The lowest BCUT2D eigenvalue weighted by atomic mass is 10.2. The minimum atomic E-state index is -0.0645. The minimum Gasteiger partial charge on any atom is -0.349 e. The number of para-hydroxylation sites is 1. The van der Waals surface area contributed by atoms with E-state index in [1.54, 1.807) is 18.6 Å². The molecule has 0 radical (unpaired) electrons. The molecule has 136 valence electrons. The highest BCUT2D eigenvalue weighted by Gasteiger charge is 2.11. The average molecular weight is 379 g/mol. The first-order valence-electron chi connectivity index (χ1n) is 8.32. The number of hydrogen-bond acceptors (Lipinski definition) is 6. The number of thioether (sulfide) groups is 1. The standard InChI is InChI=1S/C18H17N7OS/c1-25-10-15(12-4-2-3-5-14(12)25)27-11-17(26)21-9-16-22-18(24-23-16)13-8-19-6-7-20-13/h2-8,10H,9,11H2,1H3,(H,21,26)(H,22,23,24). The number of H-pyrrole nitrogens is 1. The zero-order valence-corrected chi connectivity index (χ0v) is 15.4. The predicted molar refractivity (Wildman–Crippen MR) is 103 cm³/mol. The molecule has 3 aromatic heterocycles. The summed E-state index contributed by atoms with van der Waals surface area (Å²) in [6.45, 7) is 0.280. The van der Waals surface area contributed by atoms with Crippen LogP contribution in [-0.4, -0.2) is 41.4 Å². The summed E-state index contributed by atoms with van der Waals surface area (Å²) in [4.78, 5) is 25.7. The van der Waals surface area contributed by atoms with Gasteiger partial charge in [-0.25, -0.2) is 9.97 Å². The van der Waals surface area contributed by atoms with Crippen LogP contribution in [0, 0.1) is 0 Å². The normalized spacial score (nSPS) is 11.0. The predicted octanol–water partition coefficient (Wildman–Crippen LogP) is 2.16. The summed E-state index contributed by atoms with van der Waals surface area (Å²) in [5.41, 5.74) is 1.73. The summed E-state index contributed by atoms with van der Waals surface area (Å²) in [6, 6.07) is 8.15. The second kappa shape index (κ2) is 7.58. The fourth-order valence-corrected chi connectivity index (χ4v) is 3.65. The van der Waals surface area contributed by atoms with E-state index in [-0.39, 0.29) is 12.5 Å². The van der Waals surface area contributed by atoms with Crippen molar-refractivity contribution < 1.29 is 4.79 Å². The number of carbonyl (C=O) groups excluding carboxylic acids is 1. The van der Waals surface area contributed by atoms with E-state index < -0.39 is 0 Å². The number of amides is 1. The fourth-order valence-electron chi connectivity index (χ4n) is 2.70. The Bertz CT molecular complexity index is 1070. The smallest absolute Gasteiger partial charge is 0.230 e. The van der Waals surface area contributed by atoms with Crippen LogP contribution in [0.25, 0.3) is 22.4 Å². The van der Waals surface area contributed by atoms with Crippen molar-refractivity contribution in [3.8, 4) is 11.5 Å². The number of aryl methyl sites for hydroxylation is 1. The second-order valence-corrected chi connectivity index (χ2v) is 6.90. The van der Waals surface area contributed by atoms with E-state index in [4.69, 9.17) is 0 Å². The van der Waals surface area contributed by atoms with Gasteiger partial charge in [0, 0.05) is 41.4 Å². The van der Waals surface area contributed by atoms with Gasteiger partial charge in [-0.1, -0.05) is 18.2 Å². The Kier molecular flexibility index (Phi) is 4.84. The molecule has 0 aliphatic rings. The van der Waals surface area contributed by atoms with E-state index in [9.17, 15) is 4.79 Å². The van der Waals surface area contributed by atoms with E-state index >= 15 is 0 Å². The van der Waals surface area contributed by atoms with Gasteiger partial charge in [0.15, 0.2) is 0 Å². The molecule has 0 saturated carbocycles. The summed E-state index contributed by atoms with van der Waals surface area (Å²) in [7, 11) is 2.01. The number of rotatable bonds is 6. The summed E-state index contributed by atoms with van der Waals surface area (Å²) >= 11 is 1.52. The molecule has 0 bridgehead atoms. The van der Waals surface area contributed by atoms with Gasteiger partial charge in [-0.3, -0.25) is 14.9 Å². The number of benzene rings is 1. The molecule has 4 rings (SSSR count). The van der Waals surface area contributed by atoms with Crippen LogP contribution in [0.4, 0.5) is 0 Å². The Balaban J connectivity index is 1.33. The van der Waals surface area contributed by atoms with Gasteiger partial charge in [-0.05, 0) is 6.07 Å². The molecule has 4 aromatic rings. The van der Waals surface area contributed by atoms with Gasteiger partial charge in [0.1, 0.15) is 11.5 Å². The molecule has 8 nitrogen and oxygen atoms in total. The zero-order chi connectivity index (χ0) is 18.6. The van der Waals surface area contributed by atoms with Gasteiger partial charge in [-0.15, -0.1) is 11.8 Å². The Morgan fingerprint density at radius 2 is 2.19 bits per heavy atom. The van der Waals surface area contributed by atoms with Crippen molar-refractivity contribution >= 4 is 28.6 Å². The topological polar surface area (TPSA) is 101 Å². The molecule has 0 aliphatic heterocycles. The third kappa shape index (κ3) is 3.82. The van der Waals surface area contributed by atoms with Crippen molar-refractivity contribution in [2.24, 2.45) is 7.05 Å². The maximum absolute atomic E-state index is 12.2. The zero-order valence-electron chi connectivity index (χ0n) is 14.6. The Labute approximate surface area is 159 Å². The number of nitrogens with zero attached hydrogens (tertiary/aromatic N) is 5. The number of hydrogen-bond donors (Lipinski definition) is 2. The van der Waals surface area contributed by atoms with E-state index in [1.807, 2.05) is 25.4 Å². The molecule has 0 unspecified atom stereocenters. The molecular formula is C18H17N7OS. The number of fused-ring (bicyclic) bond motifs is 1. The largest absolute Gasteiger partial charge is 0.349 e. The van der Waals surface area contributed by atoms with Crippen LogP contribution in [0.5, 0.6) is 0 Å². The van der Waals surface area contributed by atoms with E-state index in [0.717, 1.165) is 15.8 Å². The van der Waals surface area contributed by atoms with Crippen molar-refractivity contribution in [1.29, 1.82) is 0 Å².